The number of methoxy groups -OCH3 is 4. The van der Waals surface area contributed by atoms with Crippen molar-refractivity contribution in [3.63, 3.8) is 0 Å². The van der Waals surface area contributed by atoms with Crippen molar-refractivity contribution in [1.82, 2.24) is 5.16 Å². The molecule has 0 spiro atoms. The Morgan fingerprint density at radius 2 is 1.50 bits per heavy atom. The minimum atomic E-state index is 0.421. The SMILES string of the molecule is CCOc1ccc(-c2cc(-c3cc(OC)c(OC)c(OC)c3OC)no2)cc1. The van der Waals surface area contributed by atoms with Gasteiger partial charge in [-0.1, -0.05) is 5.16 Å². The molecule has 0 fully saturated rings. The van der Waals surface area contributed by atoms with E-state index in [2.05, 4.69) is 5.16 Å². The Balaban J connectivity index is 2.05. The third-order valence-corrected chi connectivity index (χ3v) is 4.22. The smallest absolute Gasteiger partial charge is 0.207 e. The van der Waals surface area contributed by atoms with Crippen LogP contribution in [0.25, 0.3) is 22.6 Å². The standard InChI is InChI=1S/C21H23NO6/c1-6-27-14-9-7-13(8-10-14)17-12-16(22-28-17)15-11-18(23-2)20(25-4)21(26-5)19(15)24-3/h7-12H,6H2,1-5H3. The van der Waals surface area contributed by atoms with Gasteiger partial charge in [-0.05, 0) is 37.3 Å². The van der Waals surface area contributed by atoms with Crippen LogP contribution in [0.4, 0.5) is 0 Å². The van der Waals surface area contributed by atoms with E-state index >= 15 is 0 Å². The molecule has 0 saturated heterocycles. The molecule has 2 aromatic carbocycles. The van der Waals surface area contributed by atoms with Gasteiger partial charge in [0.15, 0.2) is 17.3 Å². The summed E-state index contributed by atoms with van der Waals surface area (Å²) in [4.78, 5) is 0. The maximum absolute atomic E-state index is 5.56. The number of ether oxygens (including phenoxy) is 5. The molecule has 0 atom stereocenters. The van der Waals surface area contributed by atoms with E-state index in [9.17, 15) is 0 Å². The Morgan fingerprint density at radius 3 is 2.07 bits per heavy atom. The molecule has 1 heterocycles. The molecule has 7 nitrogen and oxygen atoms in total. The van der Waals surface area contributed by atoms with Crippen molar-refractivity contribution in [3.8, 4) is 51.3 Å². The fraction of sp³-hybridized carbons (Fsp3) is 0.286. The third kappa shape index (κ3) is 3.55. The van der Waals surface area contributed by atoms with Gasteiger partial charge in [0.25, 0.3) is 0 Å². The zero-order valence-electron chi connectivity index (χ0n) is 16.6. The van der Waals surface area contributed by atoms with Gasteiger partial charge in [-0.3, -0.25) is 0 Å². The van der Waals surface area contributed by atoms with Crippen LogP contribution in [0.5, 0.6) is 28.7 Å². The van der Waals surface area contributed by atoms with Gasteiger partial charge in [-0.2, -0.15) is 0 Å². The van der Waals surface area contributed by atoms with Crippen LogP contribution < -0.4 is 23.7 Å². The molecule has 1 aromatic heterocycles. The molecule has 0 unspecified atom stereocenters. The van der Waals surface area contributed by atoms with Crippen LogP contribution in [0.3, 0.4) is 0 Å². The molecule has 7 heteroatoms. The monoisotopic (exact) mass is 385 g/mol. The summed E-state index contributed by atoms with van der Waals surface area (Å²) >= 11 is 0. The summed E-state index contributed by atoms with van der Waals surface area (Å²) in [7, 11) is 6.19. The van der Waals surface area contributed by atoms with Crippen molar-refractivity contribution in [3.05, 3.63) is 36.4 Å². The van der Waals surface area contributed by atoms with Gasteiger partial charge in [-0.15, -0.1) is 0 Å². The van der Waals surface area contributed by atoms with E-state index in [0.717, 1.165) is 11.3 Å². The third-order valence-electron chi connectivity index (χ3n) is 4.22. The van der Waals surface area contributed by atoms with E-state index < -0.39 is 0 Å². The summed E-state index contributed by atoms with van der Waals surface area (Å²) in [5.41, 5.74) is 2.13. The molecule has 0 aliphatic heterocycles. The summed E-state index contributed by atoms with van der Waals surface area (Å²) < 4.78 is 32.9. The summed E-state index contributed by atoms with van der Waals surface area (Å²) in [5.74, 6) is 3.27. The van der Waals surface area contributed by atoms with Crippen LogP contribution in [-0.2, 0) is 0 Å². The lowest BCUT2D eigenvalue weighted by atomic mass is 10.1. The van der Waals surface area contributed by atoms with Crippen molar-refractivity contribution >= 4 is 0 Å². The van der Waals surface area contributed by atoms with E-state index in [1.54, 1.807) is 27.4 Å². The average molecular weight is 385 g/mol. The lowest BCUT2D eigenvalue weighted by molar-refractivity contribution is 0.306. The fourth-order valence-electron chi connectivity index (χ4n) is 2.94. The van der Waals surface area contributed by atoms with Gasteiger partial charge in [-0.25, -0.2) is 0 Å². The lowest BCUT2D eigenvalue weighted by Gasteiger charge is -2.17. The molecule has 28 heavy (non-hydrogen) atoms. The Morgan fingerprint density at radius 1 is 0.821 bits per heavy atom. The molecular weight excluding hydrogens is 362 g/mol. The Labute approximate surface area is 163 Å². The summed E-state index contributed by atoms with van der Waals surface area (Å²) in [5, 5.41) is 4.20. The number of benzene rings is 2. The highest BCUT2D eigenvalue weighted by atomic mass is 16.5. The van der Waals surface area contributed by atoms with E-state index in [0.29, 0.717) is 46.6 Å². The summed E-state index contributed by atoms with van der Waals surface area (Å²) in [6, 6.07) is 11.2. The number of aromatic nitrogens is 1. The number of nitrogens with zero attached hydrogens (tertiary/aromatic N) is 1. The average Bonchev–Trinajstić information content (AvgIpc) is 3.22. The highest BCUT2D eigenvalue weighted by Crippen LogP contribution is 2.50. The van der Waals surface area contributed by atoms with E-state index in [4.69, 9.17) is 28.2 Å². The van der Waals surface area contributed by atoms with Crippen LogP contribution in [0.2, 0.25) is 0 Å². The molecule has 0 aliphatic rings. The van der Waals surface area contributed by atoms with E-state index in [1.807, 2.05) is 37.3 Å². The first-order valence-corrected chi connectivity index (χ1v) is 8.74. The van der Waals surface area contributed by atoms with Gasteiger partial charge < -0.3 is 28.2 Å². The van der Waals surface area contributed by atoms with Crippen molar-refractivity contribution in [2.45, 2.75) is 6.92 Å². The predicted octanol–water partition coefficient (Wildman–Crippen LogP) is 4.44. The first kappa shape index (κ1) is 19.4. The Kier molecular flexibility index (Phi) is 5.93. The Bertz CT molecular complexity index is 933. The minimum Gasteiger partial charge on any atom is -0.494 e. The minimum absolute atomic E-state index is 0.421. The highest BCUT2D eigenvalue weighted by Gasteiger charge is 2.24. The maximum Gasteiger partial charge on any atom is 0.207 e. The fourth-order valence-corrected chi connectivity index (χ4v) is 2.94. The van der Waals surface area contributed by atoms with E-state index in [-0.39, 0.29) is 0 Å². The molecule has 0 amide bonds. The molecular formula is C21H23NO6. The maximum atomic E-state index is 5.56. The van der Waals surface area contributed by atoms with Gasteiger partial charge in [0, 0.05) is 11.6 Å². The lowest BCUT2D eigenvalue weighted by Crippen LogP contribution is -1.99. The summed E-state index contributed by atoms with van der Waals surface area (Å²) in [6.45, 7) is 2.56. The number of hydrogen-bond donors (Lipinski definition) is 0. The second-order valence-corrected chi connectivity index (χ2v) is 5.76. The second-order valence-electron chi connectivity index (χ2n) is 5.76. The molecule has 3 aromatic rings. The molecule has 3 rings (SSSR count). The number of hydrogen-bond acceptors (Lipinski definition) is 7. The van der Waals surface area contributed by atoms with Gasteiger partial charge in [0.1, 0.15) is 11.4 Å². The van der Waals surface area contributed by atoms with E-state index in [1.165, 1.54) is 7.11 Å². The first-order valence-electron chi connectivity index (χ1n) is 8.74. The van der Waals surface area contributed by atoms with Gasteiger partial charge >= 0.3 is 0 Å². The van der Waals surface area contributed by atoms with Crippen molar-refractivity contribution in [2.75, 3.05) is 35.0 Å². The zero-order chi connectivity index (χ0) is 20.1. The van der Waals surface area contributed by atoms with Gasteiger partial charge in [0.2, 0.25) is 11.5 Å². The largest absolute Gasteiger partial charge is 0.494 e. The molecule has 0 aliphatic carbocycles. The van der Waals surface area contributed by atoms with Crippen LogP contribution in [-0.4, -0.2) is 40.2 Å². The highest BCUT2D eigenvalue weighted by molar-refractivity contribution is 5.79. The first-order chi connectivity index (χ1) is 13.7. The Hall–Kier alpha value is -3.35. The van der Waals surface area contributed by atoms with Crippen LogP contribution in [0.15, 0.2) is 40.9 Å². The van der Waals surface area contributed by atoms with Crippen LogP contribution in [0, 0.1) is 0 Å². The molecule has 0 bridgehead atoms. The number of rotatable bonds is 8. The zero-order valence-corrected chi connectivity index (χ0v) is 16.6. The predicted molar refractivity (Wildman–Crippen MR) is 105 cm³/mol. The van der Waals surface area contributed by atoms with Crippen LogP contribution >= 0.6 is 0 Å². The van der Waals surface area contributed by atoms with Crippen molar-refractivity contribution < 1.29 is 28.2 Å². The molecule has 0 radical (unpaired) electrons. The van der Waals surface area contributed by atoms with Crippen molar-refractivity contribution in [2.24, 2.45) is 0 Å². The van der Waals surface area contributed by atoms with Crippen molar-refractivity contribution in [1.29, 1.82) is 0 Å². The second kappa shape index (κ2) is 8.56. The summed E-state index contributed by atoms with van der Waals surface area (Å²) in [6.07, 6.45) is 0. The van der Waals surface area contributed by atoms with Crippen LogP contribution in [0.1, 0.15) is 6.92 Å². The molecule has 148 valence electrons. The topological polar surface area (TPSA) is 72.2 Å². The normalized spacial score (nSPS) is 10.5. The quantitative estimate of drug-likeness (QED) is 0.567. The van der Waals surface area contributed by atoms with Gasteiger partial charge in [0.05, 0.1) is 40.6 Å². The molecule has 0 saturated carbocycles. The molecule has 0 N–H and O–H groups in total.